The number of aromatic nitrogens is 1. The van der Waals surface area contributed by atoms with Crippen molar-refractivity contribution in [3.63, 3.8) is 0 Å². The molecule has 1 aromatic heterocycles. The summed E-state index contributed by atoms with van der Waals surface area (Å²) in [4.78, 5) is 17.9. The summed E-state index contributed by atoms with van der Waals surface area (Å²) in [5, 5.41) is 0. The Morgan fingerprint density at radius 1 is 1.40 bits per heavy atom. The minimum absolute atomic E-state index is 0.110. The molecular formula is C12H16N2O. The van der Waals surface area contributed by atoms with Crippen molar-refractivity contribution in [3.8, 4) is 0 Å². The Hall–Kier alpha value is -1.38. The van der Waals surface area contributed by atoms with Crippen molar-refractivity contribution in [2.75, 3.05) is 6.54 Å². The van der Waals surface area contributed by atoms with Gasteiger partial charge in [-0.15, -0.1) is 0 Å². The molecule has 0 bridgehead atoms. The minimum Gasteiger partial charge on any atom is -0.334 e. The summed E-state index contributed by atoms with van der Waals surface area (Å²) in [5.41, 5.74) is 0.979. The van der Waals surface area contributed by atoms with Crippen molar-refractivity contribution < 1.29 is 4.79 Å². The van der Waals surface area contributed by atoms with Crippen LogP contribution in [0.1, 0.15) is 37.9 Å². The lowest BCUT2D eigenvalue weighted by Crippen LogP contribution is -2.37. The third-order valence-corrected chi connectivity index (χ3v) is 2.94. The third-order valence-electron chi connectivity index (χ3n) is 2.94. The van der Waals surface area contributed by atoms with Gasteiger partial charge in [-0.2, -0.15) is 0 Å². The van der Waals surface area contributed by atoms with E-state index in [1.54, 1.807) is 6.20 Å². The van der Waals surface area contributed by atoms with E-state index in [9.17, 15) is 4.79 Å². The van der Waals surface area contributed by atoms with E-state index in [-0.39, 0.29) is 11.9 Å². The van der Waals surface area contributed by atoms with Crippen LogP contribution in [0.3, 0.4) is 0 Å². The van der Waals surface area contributed by atoms with Crippen LogP contribution in [0.25, 0.3) is 0 Å². The molecule has 1 saturated heterocycles. The average Bonchev–Trinajstić information content (AvgIpc) is 2.30. The Morgan fingerprint density at radius 3 is 2.93 bits per heavy atom. The standard InChI is InChI=1S/C12H16N2O/c1-10(11-6-2-4-8-13-11)14-9-5-3-7-12(14)15/h2,4,6,8,10H,3,5,7,9H2,1H3. The maximum absolute atomic E-state index is 11.7. The number of piperidine rings is 1. The van der Waals surface area contributed by atoms with Gasteiger partial charge in [0.25, 0.3) is 0 Å². The van der Waals surface area contributed by atoms with Gasteiger partial charge in [-0.1, -0.05) is 6.07 Å². The number of rotatable bonds is 2. The predicted octanol–water partition coefficient (Wildman–Crippen LogP) is 2.16. The zero-order valence-electron chi connectivity index (χ0n) is 9.02. The van der Waals surface area contributed by atoms with Gasteiger partial charge in [-0.3, -0.25) is 9.78 Å². The van der Waals surface area contributed by atoms with Crippen LogP contribution < -0.4 is 0 Å². The molecule has 3 heteroatoms. The van der Waals surface area contributed by atoms with E-state index in [2.05, 4.69) is 4.98 Å². The fourth-order valence-electron chi connectivity index (χ4n) is 2.02. The predicted molar refractivity (Wildman–Crippen MR) is 58.2 cm³/mol. The Bertz CT molecular complexity index is 337. The number of pyridine rings is 1. The molecule has 80 valence electrons. The van der Waals surface area contributed by atoms with Crippen LogP contribution in [0.4, 0.5) is 0 Å². The molecule has 1 atom stereocenters. The molecule has 15 heavy (non-hydrogen) atoms. The molecule has 2 heterocycles. The Balaban J connectivity index is 2.13. The van der Waals surface area contributed by atoms with Gasteiger partial charge in [0.05, 0.1) is 11.7 Å². The maximum Gasteiger partial charge on any atom is 0.223 e. The second-order valence-electron chi connectivity index (χ2n) is 3.97. The van der Waals surface area contributed by atoms with E-state index in [1.807, 2.05) is 30.0 Å². The minimum atomic E-state index is 0.110. The number of hydrogen-bond donors (Lipinski definition) is 0. The van der Waals surface area contributed by atoms with E-state index in [4.69, 9.17) is 0 Å². The zero-order chi connectivity index (χ0) is 10.7. The second kappa shape index (κ2) is 4.43. The van der Waals surface area contributed by atoms with Crippen LogP contribution in [-0.4, -0.2) is 22.3 Å². The van der Waals surface area contributed by atoms with Crippen LogP contribution in [-0.2, 0) is 4.79 Å². The van der Waals surface area contributed by atoms with Gasteiger partial charge in [0.1, 0.15) is 0 Å². The highest BCUT2D eigenvalue weighted by Crippen LogP contribution is 2.23. The van der Waals surface area contributed by atoms with Crippen molar-refractivity contribution in [2.45, 2.75) is 32.2 Å². The van der Waals surface area contributed by atoms with Crippen molar-refractivity contribution in [1.29, 1.82) is 0 Å². The van der Waals surface area contributed by atoms with E-state index in [0.717, 1.165) is 25.1 Å². The highest BCUT2D eigenvalue weighted by Gasteiger charge is 2.24. The van der Waals surface area contributed by atoms with Gasteiger partial charge in [-0.05, 0) is 31.9 Å². The Kier molecular flexibility index (Phi) is 2.99. The lowest BCUT2D eigenvalue weighted by Gasteiger charge is -2.32. The van der Waals surface area contributed by atoms with Crippen molar-refractivity contribution in [2.24, 2.45) is 0 Å². The van der Waals surface area contributed by atoms with Gasteiger partial charge in [0, 0.05) is 19.2 Å². The summed E-state index contributed by atoms with van der Waals surface area (Å²) >= 11 is 0. The topological polar surface area (TPSA) is 33.2 Å². The first kappa shape index (κ1) is 10.1. The van der Waals surface area contributed by atoms with E-state index in [1.165, 1.54) is 0 Å². The first-order valence-electron chi connectivity index (χ1n) is 5.49. The zero-order valence-corrected chi connectivity index (χ0v) is 9.02. The summed E-state index contributed by atoms with van der Waals surface area (Å²) in [6, 6.07) is 5.95. The molecule has 3 nitrogen and oxygen atoms in total. The lowest BCUT2D eigenvalue weighted by molar-refractivity contribution is -0.135. The van der Waals surface area contributed by atoms with E-state index in [0.29, 0.717) is 6.42 Å². The summed E-state index contributed by atoms with van der Waals surface area (Å²) in [5.74, 6) is 0.263. The molecular weight excluding hydrogens is 188 g/mol. The molecule has 0 aliphatic carbocycles. The molecule has 0 spiro atoms. The van der Waals surface area contributed by atoms with Crippen molar-refractivity contribution in [1.82, 2.24) is 9.88 Å². The highest BCUT2D eigenvalue weighted by atomic mass is 16.2. The van der Waals surface area contributed by atoms with E-state index >= 15 is 0 Å². The molecule has 2 rings (SSSR count). The maximum atomic E-state index is 11.7. The SMILES string of the molecule is CC(c1ccccn1)N1CCCCC1=O. The molecule has 1 fully saturated rings. The van der Waals surface area contributed by atoms with Gasteiger partial charge in [0.2, 0.25) is 5.91 Å². The fourth-order valence-corrected chi connectivity index (χ4v) is 2.02. The lowest BCUT2D eigenvalue weighted by atomic mass is 10.1. The van der Waals surface area contributed by atoms with Crippen LogP contribution >= 0.6 is 0 Å². The van der Waals surface area contributed by atoms with E-state index < -0.39 is 0 Å². The molecule has 1 amide bonds. The number of carbonyl (C=O) groups is 1. The number of nitrogens with zero attached hydrogens (tertiary/aromatic N) is 2. The van der Waals surface area contributed by atoms with Crippen molar-refractivity contribution in [3.05, 3.63) is 30.1 Å². The first-order valence-corrected chi connectivity index (χ1v) is 5.49. The average molecular weight is 204 g/mol. The van der Waals surface area contributed by atoms with Gasteiger partial charge in [0.15, 0.2) is 0 Å². The second-order valence-corrected chi connectivity index (χ2v) is 3.97. The van der Waals surface area contributed by atoms with Crippen LogP contribution in [0, 0.1) is 0 Å². The molecule has 0 saturated carbocycles. The Morgan fingerprint density at radius 2 is 2.27 bits per heavy atom. The van der Waals surface area contributed by atoms with Gasteiger partial charge < -0.3 is 4.90 Å². The molecule has 1 aromatic rings. The molecule has 0 aromatic carbocycles. The number of hydrogen-bond acceptors (Lipinski definition) is 2. The third kappa shape index (κ3) is 2.17. The number of carbonyl (C=O) groups excluding carboxylic acids is 1. The molecule has 1 unspecified atom stereocenters. The van der Waals surface area contributed by atoms with Crippen LogP contribution in [0.15, 0.2) is 24.4 Å². The summed E-state index contributed by atoms with van der Waals surface area (Å²) < 4.78 is 0. The fraction of sp³-hybridized carbons (Fsp3) is 0.500. The summed E-state index contributed by atoms with van der Waals surface area (Å²) in [6.07, 6.45) is 4.62. The summed E-state index contributed by atoms with van der Waals surface area (Å²) in [7, 11) is 0. The largest absolute Gasteiger partial charge is 0.334 e. The first-order chi connectivity index (χ1) is 7.29. The molecule has 1 aliphatic rings. The van der Waals surface area contributed by atoms with Gasteiger partial charge >= 0.3 is 0 Å². The molecule has 1 aliphatic heterocycles. The highest BCUT2D eigenvalue weighted by molar-refractivity contribution is 5.77. The normalized spacial score (nSPS) is 19.0. The number of amides is 1. The number of likely N-dealkylation sites (tertiary alicyclic amines) is 1. The van der Waals surface area contributed by atoms with Crippen LogP contribution in [0.2, 0.25) is 0 Å². The summed E-state index contributed by atoms with van der Waals surface area (Å²) in [6.45, 7) is 2.92. The molecule has 0 radical (unpaired) electrons. The van der Waals surface area contributed by atoms with Gasteiger partial charge in [-0.25, -0.2) is 0 Å². The van der Waals surface area contributed by atoms with Crippen LogP contribution in [0.5, 0.6) is 0 Å². The monoisotopic (exact) mass is 204 g/mol. The molecule has 0 N–H and O–H groups in total. The Labute approximate surface area is 90.1 Å². The smallest absolute Gasteiger partial charge is 0.223 e. The quantitative estimate of drug-likeness (QED) is 0.739. The van der Waals surface area contributed by atoms with Crippen molar-refractivity contribution >= 4 is 5.91 Å².